The number of hydrogen-bond acceptors (Lipinski definition) is 3. The summed E-state index contributed by atoms with van der Waals surface area (Å²) < 4.78 is 5.60. The molecule has 2 nitrogen and oxygen atoms in total. The summed E-state index contributed by atoms with van der Waals surface area (Å²) in [7, 11) is 1.93. The maximum absolute atomic E-state index is 6.21. The van der Waals surface area contributed by atoms with E-state index in [4.69, 9.17) is 16.3 Å². The average Bonchev–Trinajstić information content (AvgIpc) is 2.50. The van der Waals surface area contributed by atoms with E-state index in [9.17, 15) is 0 Å². The number of ether oxygens (including phenoxy) is 1. The van der Waals surface area contributed by atoms with E-state index in [1.54, 1.807) is 11.3 Å². The van der Waals surface area contributed by atoms with E-state index in [-0.39, 0.29) is 12.1 Å². The van der Waals surface area contributed by atoms with Gasteiger partial charge in [0.05, 0.1) is 23.8 Å². The molecule has 1 unspecified atom stereocenters. The standard InChI is InChI=1S/C11H18ClNOS/c1-7(2)14-5-9(13-4)11-10(12)8(3)6-15-11/h6-7,9,13H,5H2,1-4H3. The molecule has 0 saturated carbocycles. The Kier molecular flexibility index (Phi) is 5.06. The van der Waals surface area contributed by atoms with Crippen molar-refractivity contribution in [3.63, 3.8) is 0 Å². The second-order valence-corrected chi connectivity index (χ2v) is 5.11. The number of nitrogens with one attached hydrogen (secondary N) is 1. The van der Waals surface area contributed by atoms with Crippen molar-refractivity contribution in [3.05, 3.63) is 20.8 Å². The Balaban J connectivity index is 2.70. The van der Waals surface area contributed by atoms with Gasteiger partial charge in [-0.2, -0.15) is 0 Å². The predicted molar refractivity (Wildman–Crippen MR) is 67.0 cm³/mol. The molecule has 0 spiro atoms. The SMILES string of the molecule is CNC(COC(C)C)c1scc(C)c1Cl. The van der Waals surface area contributed by atoms with Gasteiger partial charge in [0.25, 0.3) is 0 Å². The summed E-state index contributed by atoms with van der Waals surface area (Å²) in [6.07, 6.45) is 0.251. The largest absolute Gasteiger partial charge is 0.377 e. The molecule has 15 heavy (non-hydrogen) atoms. The van der Waals surface area contributed by atoms with E-state index in [0.717, 1.165) is 15.5 Å². The zero-order valence-corrected chi connectivity index (χ0v) is 11.2. The zero-order valence-electron chi connectivity index (χ0n) is 9.63. The smallest absolute Gasteiger partial charge is 0.0673 e. The summed E-state index contributed by atoms with van der Waals surface area (Å²) in [5.41, 5.74) is 1.14. The monoisotopic (exact) mass is 247 g/mol. The number of hydrogen-bond donors (Lipinski definition) is 1. The minimum Gasteiger partial charge on any atom is -0.377 e. The fourth-order valence-corrected chi connectivity index (χ4v) is 2.68. The molecule has 1 rings (SSSR count). The highest BCUT2D eigenvalue weighted by atomic mass is 35.5. The predicted octanol–water partition coefficient (Wildman–Crippen LogP) is 3.40. The van der Waals surface area contributed by atoms with Crippen LogP contribution in [0.25, 0.3) is 0 Å². The molecule has 0 amide bonds. The minimum absolute atomic E-state index is 0.193. The van der Waals surface area contributed by atoms with Crippen LogP contribution in [0.4, 0.5) is 0 Å². The molecule has 1 aromatic heterocycles. The molecule has 86 valence electrons. The van der Waals surface area contributed by atoms with Crippen molar-refractivity contribution >= 4 is 22.9 Å². The summed E-state index contributed by atoms with van der Waals surface area (Å²) >= 11 is 7.90. The van der Waals surface area contributed by atoms with Crippen LogP contribution in [0.1, 0.15) is 30.3 Å². The van der Waals surface area contributed by atoms with E-state index >= 15 is 0 Å². The lowest BCUT2D eigenvalue weighted by Crippen LogP contribution is -2.22. The molecule has 0 aliphatic heterocycles. The Morgan fingerprint density at radius 3 is 2.60 bits per heavy atom. The molecule has 4 heteroatoms. The van der Waals surface area contributed by atoms with Crippen molar-refractivity contribution in [2.45, 2.75) is 32.9 Å². The minimum atomic E-state index is 0.193. The van der Waals surface area contributed by atoms with Gasteiger partial charge < -0.3 is 10.1 Å². The summed E-state index contributed by atoms with van der Waals surface area (Å²) in [5, 5.41) is 6.18. The van der Waals surface area contributed by atoms with E-state index in [1.165, 1.54) is 0 Å². The van der Waals surface area contributed by atoms with Gasteiger partial charge in [-0.05, 0) is 38.8 Å². The van der Waals surface area contributed by atoms with Gasteiger partial charge in [-0.15, -0.1) is 11.3 Å². The van der Waals surface area contributed by atoms with E-state index in [2.05, 4.69) is 10.7 Å². The van der Waals surface area contributed by atoms with Gasteiger partial charge in [-0.3, -0.25) is 0 Å². The van der Waals surface area contributed by atoms with E-state index in [0.29, 0.717) is 6.61 Å². The Hall–Kier alpha value is -0.0900. The molecule has 1 aromatic rings. The third kappa shape index (κ3) is 3.45. The number of thiophene rings is 1. The highest BCUT2D eigenvalue weighted by Gasteiger charge is 2.16. The summed E-state index contributed by atoms with van der Waals surface area (Å²) in [5.74, 6) is 0. The van der Waals surface area contributed by atoms with Crippen molar-refractivity contribution in [1.29, 1.82) is 0 Å². The fourth-order valence-electron chi connectivity index (χ4n) is 1.26. The van der Waals surface area contributed by atoms with Crippen molar-refractivity contribution in [2.75, 3.05) is 13.7 Å². The Bertz CT molecular complexity index is 312. The molecule has 0 saturated heterocycles. The first-order valence-electron chi connectivity index (χ1n) is 5.08. The summed E-state index contributed by atoms with van der Waals surface area (Å²) in [4.78, 5) is 1.16. The number of likely N-dealkylation sites (N-methyl/N-ethyl adjacent to an activating group) is 1. The fraction of sp³-hybridized carbons (Fsp3) is 0.636. The lowest BCUT2D eigenvalue weighted by atomic mass is 10.2. The molecule has 0 radical (unpaired) electrons. The topological polar surface area (TPSA) is 21.3 Å². The van der Waals surface area contributed by atoms with E-state index < -0.39 is 0 Å². The molecule has 0 aromatic carbocycles. The van der Waals surface area contributed by atoms with Crippen molar-refractivity contribution in [1.82, 2.24) is 5.32 Å². The van der Waals surface area contributed by atoms with Crippen LogP contribution in [-0.4, -0.2) is 19.8 Å². The zero-order chi connectivity index (χ0) is 11.4. The molecule has 0 aliphatic carbocycles. The van der Waals surface area contributed by atoms with Crippen LogP contribution in [0.2, 0.25) is 5.02 Å². The van der Waals surface area contributed by atoms with Gasteiger partial charge in [0, 0.05) is 4.88 Å². The van der Waals surface area contributed by atoms with Gasteiger partial charge in [0.15, 0.2) is 0 Å². The Labute approximate surface area is 101 Å². The van der Waals surface area contributed by atoms with Gasteiger partial charge >= 0.3 is 0 Å². The molecular formula is C11H18ClNOS. The van der Waals surface area contributed by atoms with Crippen molar-refractivity contribution in [2.24, 2.45) is 0 Å². The van der Waals surface area contributed by atoms with Gasteiger partial charge in [0.1, 0.15) is 0 Å². The summed E-state index contributed by atoms with van der Waals surface area (Å²) in [6, 6.07) is 0.193. The third-order valence-electron chi connectivity index (χ3n) is 2.19. The third-order valence-corrected chi connectivity index (χ3v) is 4.01. The second kappa shape index (κ2) is 5.85. The Morgan fingerprint density at radius 1 is 1.53 bits per heavy atom. The number of rotatable bonds is 5. The first kappa shape index (κ1) is 13.0. The van der Waals surface area contributed by atoms with Crippen LogP contribution < -0.4 is 5.32 Å². The van der Waals surface area contributed by atoms with Crippen LogP contribution in [0.3, 0.4) is 0 Å². The molecule has 1 atom stereocenters. The molecule has 1 N–H and O–H groups in total. The van der Waals surface area contributed by atoms with Crippen LogP contribution in [-0.2, 0) is 4.74 Å². The van der Waals surface area contributed by atoms with Crippen molar-refractivity contribution in [3.8, 4) is 0 Å². The maximum atomic E-state index is 6.21. The van der Waals surface area contributed by atoms with Crippen LogP contribution in [0, 0.1) is 6.92 Å². The molecule has 0 fully saturated rings. The maximum Gasteiger partial charge on any atom is 0.0673 e. The van der Waals surface area contributed by atoms with Crippen LogP contribution >= 0.6 is 22.9 Å². The molecule has 1 heterocycles. The van der Waals surface area contributed by atoms with Gasteiger partial charge in [-0.25, -0.2) is 0 Å². The molecular weight excluding hydrogens is 230 g/mol. The van der Waals surface area contributed by atoms with Crippen LogP contribution in [0.15, 0.2) is 5.38 Å². The van der Waals surface area contributed by atoms with Gasteiger partial charge in [-0.1, -0.05) is 11.6 Å². The first-order chi connectivity index (χ1) is 7.06. The normalized spacial score (nSPS) is 13.5. The average molecular weight is 248 g/mol. The quantitative estimate of drug-likeness (QED) is 0.861. The molecule has 0 aliphatic rings. The first-order valence-corrected chi connectivity index (χ1v) is 6.34. The number of aryl methyl sites for hydroxylation is 1. The Morgan fingerprint density at radius 2 is 2.20 bits per heavy atom. The molecule has 0 bridgehead atoms. The van der Waals surface area contributed by atoms with Crippen molar-refractivity contribution < 1.29 is 4.74 Å². The lowest BCUT2D eigenvalue weighted by molar-refractivity contribution is 0.0632. The highest BCUT2D eigenvalue weighted by molar-refractivity contribution is 7.10. The van der Waals surface area contributed by atoms with Crippen LogP contribution in [0.5, 0.6) is 0 Å². The summed E-state index contributed by atoms with van der Waals surface area (Å²) in [6.45, 7) is 6.76. The van der Waals surface area contributed by atoms with E-state index in [1.807, 2.05) is 27.8 Å². The van der Waals surface area contributed by atoms with Gasteiger partial charge in [0.2, 0.25) is 0 Å². The number of halogens is 1. The highest BCUT2D eigenvalue weighted by Crippen LogP contribution is 2.32. The lowest BCUT2D eigenvalue weighted by Gasteiger charge is -2.17. The second-order valence-electron chi connectivity index (χ2n) is 3.82.